The maximum Gasteiger partial charge on any atom is 0.150 e. The van der Waals surface area contributed by atoms with E-state index in [1.165, 1.54) is 0 Å². The summed E-state index contributed by atoms with van der Waals surface area (Å²) in [5.41, 5.74) is 6.91. The summed E-state index contributed by atoms with van der Waals surface area (Å²) in [6.45, 7) is 0. The number of fused-ring (bicyclic) bond motifs is 1. The topological polar surface area (TPSA) is 43.8 Å². The number of nitrogens with two attached hydrogens (primary N) is 1. The Labute approximate surface area is 70.2 Å². The zero-order chi connectivity index (χ0) is 7.84. The average Bonchev–Trinajstić information content (AvgIpc) is 2.35. The van der Waals surface area contributed by atoms with Gasteiger partial charge in [-0.15, -0.1) is 0 Å². The number of imidazole rings is 1. The Morgan fingerprint density at radius 2 is 2.55 bits per heavy atom. The van der Waals surface area contributed by atoms with Crippen LogP contribution in [0, 0.1) is 0 Å². The molecule has 0 saturated heterocycles. The zero-order valence-electron chi connectivity index (χ0n) is 6.13. The second kappa shape index (κ2) is 2.50. The quantitative estimate of drug-likeness (QED) is 0.640. The Kier molecular flexibility index (Phi) is 1.62. The highest BCUT2D eigenvalue weighted by Crippen LogP contribution is 2.25. The third kappa shape index (κ3) is 1.04. The van der Waals surface area contributed by atoms with Gasteiger partial charge >= 0.3 is 0 Å². The van der Waals surface area contributed by atoms with Gasteiger partial charge in [-0.2, -0.15) is 0 Å². The predicted octanol–water partition coefficient (Wildman–Crippen LogP) is 1.33. The van der Waals surface area contributed by atoms with Gasteiger partial charge in [0.15, 0.2) is 0 Å². The fourth-order valence-electron chi connectivity index (χ4n) is 1.50. The molecule has 2 heterocycles. The highest BCUT2D eigenvalue weighted by Gasteiger charge is 2.18. The van der Waals surface area contributed by atoms with Crippen LogP contribution in [0.1, 0.15) is 24.7 Å². The number of aromatic nitrogens is 2. The molecule has 11 heavy (non-hydrogen) atoms. The van der Waals surface area contributed by atoms with E-state index >= 15 is 0 Å². The molecule has 2 N–H and O–H groups in total. The van der Waals surface area contributed by atoms with Crippen LogP contribution in [-0.2, 0) is 6.42 Å². The monoisotopic (exact) mass is 171 g/mol. The normalized spacial score (nSPS) is 23.3. The summed E-state index contributed by atoms with van der Waals surface area (Å²) in [6, 6.07) is 0. The van der Waals surface area contributed by atoms with Gasteiger partial charge in [0.25, 0.3) is 0 Å². The van der Waals surface area contributed by atoms with Crippen molar-refractivity contribution in [3.05, 3.63) is 17.2 Å². The fraction of sp³-hybridized carbons (Fsp3) is 0.571. The SMILES string of the molecule is NC1CCCc2c(Cl)ncn21. The molecule has 0 saturated carbocycles. The summed E-state index contributed by atoms with van der Waals surface area (Å²) in [7, 11) is 0. The van der Waals surface area contributed by atoms with Crippen molar-refractivity contribution in [2.24, 2.45) is 5.73 Å². The summed E-state index contributed by atoms with van der Waals surface area (Å²) in [4.78, 5) is 4.00. The Hall–Kier alpha value is -0.540. The molecule has 1 aliphatic rings. The van der Waals surface area contributed by atoms with Crippen LogP contribution in [-0.4, -0.2) is 9.55 Å². The lowest BCUT2D eigenvalue weighted by molar-refractivity contribution is 0.414. The highest BCUT2D eigenvalue weighted by molar-refractivity contribution is 6.30. The molecular weight excluding hydrogens is 162 g/mol. The minimum atomic E-state index is 0.0822. The fourth-order valence-corrected chi connectivity index (χ4v) is 1.74. The smallest absolute Gasteiger partial charge is 0.150 e. The molecule has 0 aromatic carbocycles. The minimum absolute atomic E-state index is 0.0822. The second-order valence-corrected chi connectivity index (χ2v) is 3.21. The molecule has 0 fully saturated rings. The number of rotatable bonds is 0. The van der Waals surface area contributed by atoms with Gasteiger partial charge in [-0.3, -0.25) is 0 Å². The van der Waals surface area contributed by atoms with Crippen LogP contribution in [0.3, 0.4) is 0 Å². The molecule has 1 aromatic rings. The molecule has 3 nitrogen and oxygen atoms in total. The second-order valence-electron chi connectivity index (χ2n) is 2.85. The molecule has 60 valence electrons. The number of hydrogen-bond donors (Lipinski definition) is 1. The summed E-state index contributed by atoms with van der Waals surface area (Å²) < 4.78 is 1.96. The number of nitrogens with zero attached hydrogens (tertiary/aromatic N) is 2. The lowest BCUT2D eigenvalue weighted by Gasteiger charge is -2.21. The van der Waals surface area contributed by atoms with Gasteiger partial charge in [-0.05, 0) is 19.3 Å². The summed E-state index contributed by atoms with van der Waals surface area (Å²) in [5, 5.41) is 0.611. The van der Waals surface area contributed by atoms with Crippen molar-refractivity contribution in [1.29, 1.82) is 0 Å². The molecule has 0 radical (unpaired) electrons. The van der Waals surface area contributed by atoms with Crippen LogP contribution < -0.4 is 5.73 Å². The molecule has 1 aliphatic heterocycles. The van der Waals surface area contributed by atoms with Gasteiger partial charge in [0, 0.05) is 0 Å². The van der Waals surface area contributed by atoms with Gasteiger partial charge in [0.2, 0.25) is 0 Å². The van der Waals surface area contributed by atoms with Gasteiger partial charge in [-0.1, -0.05) is 11.6 Å². The zero-order valence-corrected chi connectivity index (χ0v) is 6.88. The Morgan fingerprint density at radius 3 is 3.27 bits per heavy atom. The van der Waals surface area contributed by atoms with Crippen LogP contribution in [0.2, 0.25) is 5.15 Å². The first-order valence-electron chi connectivity index (χ1n) is 3.76. The van der Waals surface area contributed by atoms with E-state index in [1.807, 2.05) is 4.57 Å². The lowest BCUT2D eigenvalue weighted by atomic mass is 10.1. The van der Waals surface area contributed by atoms with Crippen molar-refractivity contribution in [1.82, 2.24) is 9.55 Å². The first kappa shape index (κ1) is 7.13. The maximum absolute atomic E-state index is 5.84. The molecule has 1 unspecified atom stereocenters. The van der Waals surface area contributed by atoms with E-state index in [-0.39, 0.29) is 6.17 Å². The van der Waals surface area contributed by atoms with Crippen LogP contribution in [0.15, 0.2) is 6.33 Å². The molecule has 1 atom stereocenters. The molecular formula is C7H10ClN3. The molecule has 0 aliphatic carbocycles. The number of hydrogen-bond acceptors (Lipinski definition) is 2. The third-order valence-corrected chi connectivity index (χ3v) is 2.43. The van der Waals surface area contributed by atoms with Gasteiger partial charge in [-0.25, -0.2) is 4.98 Å². The van der Waals surface area contributed by atoms with E-state index in [2.05, 4.69) is 4.98 Å². The molecule has 1 aromatic heterocycles. The Balaban J connectivity index is 2.46. The average molecular weight is 172 g/mol. The van der Waals surface area contributed by atoms with Crippen molar-refractivity contribution in [3.8, 4) is 0 Å². The molecule has 0 bridgehead atoms. The first-order valence-corrected chi connectivity index (χ1v) is 4.13. The van der Waals surface area contributed by atoms with Crippen molar-refractivity contribution in [2.75, 3.05) is 0 Å². The van der Waals surface area contributed by atoms with E-state index in [0.29, 0.717) is 5.15 Å². The van der Waals surface area contributed by atoms with Crippen LogP contribution in [0.5, 0.6) is 0 Å². The van der Waals surface area contributed by atoms with Crippen molar-refractivity contribution < 1.29 is 0 Å². The summed E-state index contributed by atoms with van der Waals surface area (Å²) >= 11 is 5.84. The van der Waals surface area contributed by atoms with E-state index in [9.17, 15) is 0 Å². The van der Waals surface area contributed by atoms with Crippen molar-refractivity contribution in [2.45, 2.75) is 25.4 Å². The van der Waals surface area contributed by atoms with E-state index in [4.69, 9.17) is 17.3 Å². The Morgan fingerprint density at radius 1 is 1.73 bits per heavy atom. The molecule has 0 spiro atoms. The molecule has 0 amide bonds. The Bertz CT molecular complexity index is 269. The minimum Gasteiger partial charge on any atom is -0.317 e. The largest absolute Gasteiger partial charge is 0.317 e. The van der Waals surface area contributed by atoms with Gasteiger partial charge < -0.3 is 10.3 Å². The van der Waals surface area contributed by atoms with Crippen LogP contribution in [0.25, 0.3) is 0 Å². The van der Waals surface area contributed by atoms with E-state index in [1.54, 1.807) is 6.33 Å². The van der Waals surface area contributed by atoms with Gasteiger partial charge in [0.05, 0.1) is 18.2 Å². The van der Waals surface area contributed by atoms with Crippen LogP contribution in [0.4, 0.5) is 0 Å². The first-order chi connectivity index (χ1) is 5.29. The van der Waals surface area contributed by atoms with E-state index in [0.717, 1.165) is 25.0 Å². The van der Waals surface area contributed by atoms with Gasteiger partial charge in [0.1, 0.15) is 5.15 Å². The summed E-state index contributed by atoms with van der Waals surface area (Å²) in [6.07, 6.45) is 4.96. The van der Waals surface area contributed by atoms with Crippen LogP contribution >= 0.6 is 11.6 Å². The van der Waals surface area contributed by atoms with Crippen molar-refractivity contribution >= 4 is 11.6 Å². The maximum atomic E-state index is 5.84. The standard InChI is InChI=1S/C7H10ClN3/c8-7-5-2-1-3-6(9)11(5)4-10-7/h4,6H,1-3,9H2. The lowest BCUT2D eigenvalue weighted by Crippen LogP contribution is -2.23. The number of halogens is 1. The van der Waals surface area contributed by atoms with Crippen molar-refractivity contribution in [3.63, 3.8) is 0 Å². The summed E-state index contributed by atoms with van der Waals surface area (Å²) in [5.74, 6) is 0. The highest BCUT2D eigenvalue weighted by atomic mass is 35.5. The molecule has 2 rings (SSSR count). The third-order valence-electron chi connectivity index (χ3n) is 2.12. The molecule has 4 heteroatoms. The predicted molar refractivity (Wildman–Crippen MR) is 43.4 cm³/mol. The van der Waals surface area contributed by atoms with E-state index < -0.39 is 0 Å².